The Labute approximate surface area is 179 Å². The molecule has 1 unspecified atom stereocenters. The van der Waals surface area contributed by atoms with E-state index < -0.39 is 0 Å². The van der Waals surface area contributed by atoms with Gasteiger partial charge in [0.2, 0.25) is 0 Å². The third-order valence-corrected chi connectivity index (χ3v) is 4.92. The van der Waals surface area contributed by atoms with Crippen LogP contribution in [0.3, 0.4) is 0 Å². The highest BCUT2D eigenvalue weighted by atomic mass is 35.5. The number of amides is 1. The molecule has 30 heavy (non-hydrogen) atoms. The molecule has 152 valence electrons. The summed E-state index contributed by atoms with van der Waals surface area (Å²) in [5.74, 6) is 1.17. The summed E-state index contributed by atoms with van der Waals surface area (Å²) in [5, 5.41) is 3.58. The molecule has 0 bridgehead atoms. The van der Waals surface area contributed by atoms with E-state index in [0.29, 0.717) is 16.5 Å². The molecule has 2 heterocycles. The van der Waals surface area contributed by atoms with Crippen LogP contribution in [-0.2, 0) is 6.61 Å². The minimum Gasteiger partial charge on any atom is -0.486 e. The standard InChI is InChI=1S/C24H21ClN2O3/c1-17(18-6-4-8-20(14-18)27-12-2-3-13-27)26-24(28)23-11-10-22(30-23)16-29-21-9-5-7-19(25)15-21/h2-15,17H,16H2,1H3,(H,26,28). The third kappa shape index (κ3) is 4.75. The molecular formula is C24H21ClN2O3. The Bertz CT molecular complexity index is 1130. The van der Waals surface area contributed by atoms with Crippen LogP contribution >= 0.6 is 11.6 Å². The molecule has 0 aliphatic rings. The molecule has 2 aromatic heterocycles. The first kappa shape index (κ1) is 19.9. The van der Waals surface area contributed by atoms with Crippen molar-refractivity contribution in [2.24, 2.45) is 0 Å². The Morgan fingerprint density at radius 2 is 1.87 bits per heavy atom. The van der Waals surface area contributed by atoms with Crippen molar-refractivity contribution < 1.29 is 13.9 Å². The first-order valence-electron chi connectivity index (χ1n) is 9.60. The second kappa shape index (κ2) is 8.93. The summed E-state index contributed by atoms with van der Waals surface area (Å²) >= 11 is 5.95. The molecule has 1 amide bonds. The topological polar surface area (TPSA) is 56.4 Å². The summed E-state index contributed by atoms with van der Waals surface area (Å²) in [4.78, 5) is 12.6. The van der Waals surface area contributed by atoms with Gasteiger partial charge < -0.3 is 19.0 Å². The minimum absolute atomic E-state index is 0.177. The Morgan fingerprint density at radius 1 is 1.07 bits per heavy atom. The maximum absolute atomic E-state index is 12.6. The normalized spacial score (nSPS) is 11.8. The van der Waals surface area contributed by atoms with Crippen molar-refractivity contribution in [3.63, 3.8) is 0 Å². The lowest BCUT2D eigenvalue weighted by atomic mass is 10.1. The first-order chi connectivity index (χ1) is 14.6. The molecule has 2 aromatic carbocycles. The molecule has 1 atom stereocenters. The van der Waals surface area contributed by atoms with Gasteiger partial charge in [-0.15, -0.1) is 0 Å². The highest BCUT2D eigenvalue weighted by molar-refractivity contribution is 6.30. The second-order valence-corrected chi connectivity index (χ2v) is 7.33. The van der Waals surface area contributed by atoms with Crippen LogP contribution in [0.1, 0.15) is 34.8 Å². The second-order valence-electron chi connectivity index (χ2n) is 6.89. The number of carbonyl (C=O) groups is 1. The van der Waals surface area contributed by atoms with E-state index in [9.17, 15) is 4.79 Å². The number of halogens is 1. The zero-order valence-electron chi connectivity index (χ0n) is 16.4. The van der Waals surface area contributed by atoms with Crippen molar-refractivity contribution in [1.82, 2.24) is 9.88 Å². The van der Waals surface area contributed by atoms with Gasteiger partial charge in [0, 0.05) is 23.1 Å². The largest absolute Gasteiger partial charge is 0.486 e. The molecule has 0 saturated heterocycles. The van der Waals surface area contributed by atoms with Crippen LogP contribution in [0.2, 0.25) is 5.02 Å². The van der Waals surface area contributed by atoms with Crippen molar-refractivity contribution in [3.8, 4) is 11.4 Å². The average Bonchev–Trinajstić information content (AvgIpc) is 3.45. The molecule has 1 N–H and O–H groups in total. The maximum atomic E-state index is 12.6. The molecule has 0 radical (unpaired) electrons. The molecule has 0 saturated carbocycles. The van der Waals surface area contributed by atoms with Gasteiger partial charge in [0.15, 0.2) is 5.76 Å². The molecule has 0 aliphatic heterocycles. The average molecular weight is 421 g/mol. The van der Waals surface area contributed by atoms with Gasteiger partial charge in [-0.25, -0.2) is 0 Å². The predicted molar refractivity (Wildman–Crippen MR) is 116 cm³/mol. The fourth-order valence-corrected chi connectivity index (χ4v) is 3.28. The lowest BCUT2D eigenvalue weighted by molar-refractivity contribution is 0.0907. The lowest BCUT2D eigenvalue weighted by Gasteiger charge is -2.15. The number of hydrogen-bond donors (Lipinski definition) is 1. The molecule has 5 nitrogen and oxygen atoms in total. The van der Waals surface area contributed by atoms with E-state index in [2.05, 4.69) is 11.4 Å². The summed E-state index contributed by atoms with van der Waals surface area (Å²) < 4.78 is 13.3. The Balaban J connectivity index is 1.38. The molecule has 0 spiro atoms. The maximum Gasteiger partial charge on any atom is 0.287 e. The van der Waals surface area contributed by atoms with Crippen LogP contribution < -0.4 is 10.1 Å². The van der Waals surface area contributed by atoms with E-state index in [4.69, 9.17) is 20.8 Å². The first-order valence-corrected chi connectivity index (χ1v) is 9.97. The monoisotopic (exact) mass is 420 g/mol. The van der Waals surface area contributed by atoms with E-state index in [-0.39, 0.29) is 24.3 Å². The molecule has 0 aliphatic carbocycles. The minimum atomic E-state index is -0.275. The van der Waals surface area contributed by atoms with Crippen LogP contribution in [0.5, 0.6) is 5.75 Å². The number of nitrogens with one attached hydrogen (secondary N) is 1. The number of benzene rings is 2. The van der Waals surface area contributed by atoms with Crippen molar-refractivity contribution in [1.29, 1.82) is 0 Å². The van der Waals surface area contributed by atoms with Crippen LogP contribution in [0.4, 0.5) is 0 Å². The SMILES string of the molecule is CC(NC(=O)c1ccc(COc2cccc(Cl)c2)o1)c1cccc(-n2cccc2)c1. The molecule has 6 heteroatoms. The van der Waals surface area contributed by atoms with Gasteiger partial charge in [0.25, 0.3) is 5.91 Å². The number of rotatable bonds is 7. The molecular weight excluding hydrogens is 400 g/mol. The van der Waals surface area contributed by atoms with Crippen LogP contribution in [-0.4, -0.2) is 10.5 Å². The van der Waals surface area contributed by atoms with Gasteiger partial charge in [-0.05, 0) is 67.1 Å². The van der Waals surface area contributed by atoms with Crippen LogP contribution in [0.15, 0.2) is 89.6 Å². The van der Waals surface area contributed by atoms with E-state index in [1.165, 1.54) is 0 Å². The smallest absolute Gasteiger partial charge is 0.287 e. The van der Waals surface area contributed by atoms with Crippen LogP contribution in [0.25, 0.3) is 5.69 Å². The summed E-state index contributed by atoms with van der Waals surface area (Å²) in [6.45, 7) is 2.15. The fraction of sp³-hybridized carbons (Fsp3) is 0.125. The quantitative estimate of drug-likeness (QED) is 0.411. The molecule has 4 aromatic rings. The molecule has 4 rings (SSSR count). The number of hydrogen-bond acceptors (Lipinski definition) is 3. The van der Waals surface area contributed by atoms with Gasteiger partial charge in [-0.1, -0.05) is 29.8 Å². The van der Waals surface area contributed by atoms with Crippen molar-refractivity contribution >= 4 is 17.5 Å². The number of furan rings is 1. The van der Waals surface area contributed by atoms with Crippen molar-refractivity contribution in [2.75, 3.05) is 0 Å². The van der Waals surface area contributed by atoms with E-state index in [0.717, 1.165) is 11.3 Å². The number of nitrogens with zero attached hydrogens (tertiary/aromatic N) is 1. The van der Waals surface area contributed by atoms with E-state index in [1.54, 1.807) is 24.3 Å². The lowest BCUT2D eigenvalue weighted by Crippen LogP contribution is -2.26. The Morgan fingerprint density at radius 3 is 2.67 bits per heavy atom. The fourth-order valence-electron chi connectivity index (χ4n) is 3.10. The number of aromatic nitrogens is 1. The predicted octanol–water partition coefficient (Wildman–Crippen LogP) is 5.79. The van der Waals surface area contributed by atoms with Gasteiger partial charge in [-0.3, -0.25) is 4.79 Å². The zero-order chi connectivity index (χ0) is 20.9. The summed E-state index contributed by atoms with van der Waals surface area (Å²) in [5.41, 5.74) is 2.04. The Hall–Kier alpha value is -3.44. The van der Waals surface area contributed by atoms with Gasteiger partial charge in [0.05, 0.1) is 6.04 Å². The number of carbonyl (C=O) groups excluding carboxylic acids is 1. The summed E-state index contributed by atoms with van der Waals surface area (Å²) in [6.07, 6.45) is 3.97. The van der Waals surface area contributed by atoms with Crippen molar-refractivity contribution in [3.05, 3.63) is 107 Å². The number of ether oxygens (including phenoxy) is 1. The Kier molecular flexibility index (Phi) is 5.91. The van der Waals surface area contributed by atoms with Gasteiger partial charge >= 0.3 is 0 Å². The third-order valence-electron chi connectivity index (χ3n) is 4.68. The van der Waals surface area contributed by atoms with Crippen LogP contribution in [0, 0.1) is 0 Å². The molecule has 0 fully saturated rings. The van der Waals surface area contributed by atoms with E-state index in [1.807, 2.05) is 66.3 Å². The zero-order valence-corrected chi connectivity index (χ0v) is 17.2. The van der Waals surface area contributed by atoms with Crippen molar-refractivity contribution in [2.45, 2.75) is 19.6 Å². The van der Waals surface area contributed by atoms with Gasteiger partial charge in [0.1, 0.15) is 18.1 Å². The highest BCUT2D eigenvalue weighted by Gasteiger charge is 2.16. The summed E-state index contributed by atoms with van der Waals surface area (Å²) in [6, 6.07) is 22.3. The summed E-state index contributed by atoms with van der Waals surface area (Å²) in [7, 11) is 0. The van der Waals surface area contributed by atoms with Gasteiger partial charge in [-0.2, -0.15) is 0 Å². The van der Waals surface area contributed by atoms with E-state index >= 15 is 0 Å². The highest BCUT2D eigenvalue weighted by Crippen LogP contribution is 2.20.